The topological polar surface area (TPSA) is 76.2 Å². The first kappa shape index (κ1) is 21.7. The SMILES string of the molecule is C=CC[C@H]1CCN(C(=O)OC(C)(C)C)[C@@H]1C(=O)N(CC=C)CC(=O)OC. The maximum atomic E-state index is 13.1. The molecule has 7 heteroatoms. The summed E-state index contributed by atoms with van der Waals surface area (Å²) in [5, 5.41) is 0. The van der Waals surface area contributed by atoms with Crippen molar-refractivity contribution in [3.63, 3.8) is 0 Å². The number of amides is 2. The molecule has 0 aromatic carbocycles. The minimum Gasteiger partial charge on any atom is -0.468 e. The predicted octanol–water partition coefficient (Wildman–Crippen LogP) is 2.38. The van der Waals surface area contributed by atoms with Gasteiger partial charge in [0.2, 0.25) is 5.91 Å². The molecule has 1 heterocycles. The lowest BCUT2D eigenvalue weighted by Crippen LogP contribution is -2.52. The second-order valence-electron chi connectivity index (χ2n) is 7.28. The number of likely N-dealkylation sites (tertiary alicyclic amines) is 1. The molecular weight excluding hydrogens is 336 g/mol. The molecule has 1 saturated heterocycles. The molecule has 0 radical (unpaired) electrons. The molecule has 0 bridgehead atoms. The van der Waals surface area contributed by atoms with Crippen LogP contribution in [0.25, 0.3) is 0 Å². The summed E-state index contributed by atoms with van der Waals surface area (Å²) in [4.78, 5) is 40.2. The summed E-state index contributed by atoms with van der Waals surface area (Å²) in [5.41, 5.74) is -0.659. The van der Waals surface area contributed by atoms with Crippen molar-refractivity contribution in [3.05, 3.63) is 25.3 Å². The highest BCUT2D eigenvalue weighted by Crippen LogP contribution is 2.30. The Morgan fingerprint density at radius 2 is 1.88 bits per heavy atom. The van der Waals surface area contributed by atoms with Crippen LogP contribution in [0, 0.1) is 5.92 Å². The van der Waals surface area contributed by atoms with Crippen LogP contribution in [0.4, 0.5) is 4.79 Å². The third-order valence-corrected chi connectivity index (χ3v) is 4.08. The van der Waals surface area contributed by atoms with E-state index in [0.29, 0.717) is 19.4 Å². The van der Waals surface area contributed by atoms with Crippen LogP contribution in [-0.2, 0) is 19.1 Å². The Labute approximate surface area is 155 Å². The lowest BCUT2D eigenvalue weighted by molar-refractivity contribution is -0.148. The van der Waals surface area contributed by atoms with Crippen LogP contribution in [0.5, 0.6) is 0 Å². The maximum absolute atomic E-state index is 13.1. The Morgan fingerprint density at radius 3 is 2.38 bits per heavy atom. The summed E-state index contributed by atoms with van der Waals surface area (Å²) in [7, 11) is 1.27. The fourth-order valence-electron chi connectivity index (χ4n) is 2.97. The zero-order valence-corrected chi connectivity index (χ0v) is 16.2. The van der Waals surface area contributed by atoms with Gasteiger partial charge in [0.1, 0.15) is 18.2 Å². The van der Waals surface area contributed by atoms with Gasteiger partial charge < -0.3 is 14.4 Å². The summed E-state index contributed by atoms with van der Waals surface area (Å²) in [6.07, 6.45) is 4.01. The normalized spacial score (nSPS) is 19.6. The summed E-state index contributed by atoms with van der Waals surface area (Å²) >= 11 is 0. The molecule has 0 saturated carbocycles. The van der Waals surface area contributed by atoms with Gasteiger partial charge >= 0.3 is 12.1 Å². The highest BCUT2D eigenvalue weighted by atomic mass is 16.6. The number of esters is 1. The monoisotopic (exact) mass is 366 g/mol. The van der Waals surface area contributed by atoms with Crippen molar-refractivity contribution in [2.45, 2.75) is 45.3 Å². The predicted molar refractivity (Wildman–Crippen MR) is 98.4 cm³/mol. The van der Waals surface area contributed by atoms with E-state index in [4.69, 9.17) is 4.74 Å². The van der Waals surface area contributed by atoms with E-state index in [-0.39, 0.29) is 24.9 Å². The van der Waals surface area contributed by atoms with E-state index in [2.05, 4.69) is 17.9 Å². The van der Waals surface area contributed by atoms with Gasteiger partial charge in [-0.25, -0.2) is 4.79 Å². The van der Waals surface area contributed by atoms with Crippen LogP contribution >= 0.6 is 0 Å². The Hall–Kier alpha value is -2.31. The van der Waals surface area contributed by atoms with Crippen LogP contribution in [0.1, 0.15) is 33.6 Å². The number of carbonyl (C=O) groups excluding carboxylic acids is 3. The number of hydrogen-bond donors (Lipinski definition) is 0. The van der Waals surface area contributed by atoms with E-state index in [9.17, 15) is 14.4 Å². The summed E-state index contributed by atoms with van der Waals surface area (Å²) in [5.74, 6) is -0.912. The number of methoxy groups -OCH3 is 1. The minimum atomic E-state index is -0.701. The Balaban J connectivity index is 3.08. The van der Waals surface area contributed by atoms with Crippen LogP contribution in [0.15, 0.2) is 25.3 Å². The zero-order chi connectivity index (χ0) is 19.9. The Morgan fingerprint density at radius 1 is 1.23 bits per heavy atom. The van der Waals surface area contributed by atoms with Gasteiger partial charge in [0.05, 0.1) is 7.11 Å². The van der Waals surface area contributed by atoms with Gasteiger partial charge in [-0.3, -0.25) is 14.5 Å². The molecule has 2 amide bonds. The number of ether oxygens (including phenoxy) is 2. The number of rotatable bonds is 7. The molecule has 26 heavy (non-hydrogen) atoms. The molecule has 2 atom stereocenters. The van der Waals surface area contributed by atoms with E-state index in [0.717, 1.165) is 0 Å². The number of hydrogen-bond acceptors (Lipinski definition) is 5. The third kappa shape index (κ3) is 5.89. The molecule has 0 aromatic rings. The lowest BCUT2D eigenvalue weighted by Gasteiger charge is -2.33. The van der Waals surface area contributed by atoms with Crippen LogP contribution < -0.4 is 0 Å². The van der Waals surface area contributed by atoms with Crippen molar-refractivity contribution >= 4 is 18.0 Å². The molecule has 146 valence electrons. The number of nitrogens with zero attached hydrogens (tertiary/aromatic N) is 2. The van der Waals surface area contributed by atoms with E-state index >= 15 is 0 Å². The number of carbonyl (C=O) groups is 3. The van der Waals surface area contributed by atoms with Crippen molar-refractivity contribution in [2.24, 2.45) is 5.92 Å². The average molecular weight is 366 g/mol. The lowest BCUT2D eigenvalue weighted by atomic mass is 9.95. The average Bonchev–Trinajstić information content (AvgIpc) is 2.96. The molecular formula is C19H30N2O5. The first-order valence-corrected chi connectivity index (χ1v) is 8.71. The highest BCUT2D eigenvalue weighted by Gasteiger charge is 2.44. The van der Waals surface area contributed by atoms with Gasteiger partial charge in [0.25, 0.3) is 0 Å². The van der Waals surface area contributed by atoms with Crippen LogP contribution in [-0.4, -0.2) is 66.2 Å². The first-order chi connectivity index (χ1) is 12.1. The van der Waals surface area contributed by atoms with E-state index in [1.165, 1.54) is 23.0 Å². The third-order valence-electron chi connectivity index (χ3n) is 4.08. The quantitative estimate of drug-likeness (QED) is 0.511. The van der Waals surface area contributed by atoms with Gasteiger partial charge in [0, 0.05) is 13.1 Å². The van der Waals surface area contributed by atoms with E-state index < -0.39 is 23.7 Å². The Kier molecular flexibility index (Phi) is 7.86. The van der Waals surface area contributed by atoms with Gasteiger partial charge in [-0.15, -0.1) is 13.2 Å². The van der Waals surface area contributed by atoms with Crippen molar-refractivity contribution in [1.29, 1.82) is 0 Å². The second-order valence-corrected chi connectivity index (χ2v) is 7.28. The summed E-state index contributed by atoms with van der Waals surface area (Å²) in [6.45, 7) is 13.1. The van der Waals surface area contributed by atoms with Crippen molar-refractivity contribution in [3.8, 4) is 0 Å². The molecule has 1 rings (SSSR count). The number of allylic oxidation sites excluding steroid dienone is 1. The van der Waals surface area contributed by atoms with Gasteiger partial charge in [0.15, 0.2) is 0 Å². The smallest absolute Gasteiger partial charge is 0.410 e. The molecule has 7 nitrogen and oxygen atoms in total. The fourth-order valence-corrected chi connectivity index (χ4v) is 2.97. The van der Waals surface area contributed by atoms with Crippen LogP contribution in [0.3, 0.4) is 0 Å². The zero-order valence-electron chi connectivity index (χ0n) is 16.2. The van der Waals surface area contributed by atoms with Crippen LogP contribution in [0.2, 0.25) is 0 Å². The molecule has 0 N–H and O–H groups in total. The van der Waals surface area contributed by atoms with Gasteiger partial charge in [-0.2, -0.15) is 0 Å². The summed E-state index contributed by atoms with van der Waals surface area (Å²) < 4.78 is 10.1. The molecule has 0 unspecified atom stereocenters. The molecule has 0 spiro atoms. The second kappa shape index (κ2) is 9.40. The standard InChI is InChI=1S/C19H30N2O5/c1-7-9-14-10-12-21(18(24)26-19(3,4)5)16(14)17(23)20(11-8-2)13-15(22)25-6/h7-8,14,16H,1-2,9-13H2,3-6H3/t14-,16-/m0/s1. The minimum absolute atomic E-state index is 0.0718. The van der Waals surface area contributed by atoms with E-state index in [1.807, 2.05) is 0 Å². The largest absolute Gasteiger partial charge is 0.468 e. The molecule has 0 aromatic heterocycles. The molecule has 0 aliphatic carbocycles. The van der Waals surface area contributed by atoms with Gasteiger partial charge in [-0.05, 0) is 39.5 Å². The summed E-state index contributed by atoms with van der Waals surface area (Å²) in [6, 6.07) is -0.701. The highest BCUT2D eigenvalue weighted by molar-refractivity contribution is 5.89. The van der Waals surface area contributed by atoms with Crippen molar-refractivity contribution in [1.82, 2.24) is 9.80 Å². The maximum Gasteiger partial charge on any atom is 0.410 e. The first-order valence-electron chi connectivity index (χ1n) is 8.71. The molecule has 1 fully saturated rings. The molecule has 1 aliphatic heterocycles. The molecule has 1 aliphatic rings. The van der Waals surface area contributed by atoms with Crippen molar-refractivity contribution < 1.29 is 23.9 Å². The Bertz CT molecular complexity index is 553. The fraction of sp³-hybridized carbons (Fsp3) is 0.632. The van der Waals surface area contributed by atoms with E-state index in [1.54, 1.807) is 26.8 Å². The van der Waals surface area contributed by atoms with Gasteiger partial charge in [-0.1, -0.05) is 12.2 Å². The van der Waals surface area contributed by atoms with Crippen molar-refractivity contribution in [2.75, 3.05) is 26.7 Å².